The molecule has 0 saturated heterocycles. The van der Waals surface area contributed by atoms with Gasteiger partial charge < -0.3 is 5.32 Å². The molecule has 108 valence electrons. The minimum atomic E-state index is -0.186. The summed E-state index contributed by atoms with van der Waals surface area (Å²) in [6.45, 7) is 4.74. The molecule has 0 unspecified atom stereocenters. The fourth-order valence-electron chi connectivity index (χ4n) is 1.70. The third kappa shape index (κ3) is 5.81. The van der Waals surface area contributed by atoms with Gasteiger partial charge in [-0.1, -0.05) is 60.9 Å². The van der Waals surface area contributed by atoms with Crippen molar-refractivity contribution in [2.24, 2.45) is 0 Å². The number of benzene rings is 1. The fraction of sp³-hybridized carbons (Fsp3) is 0.312. The Balaban J connectivity index is 2.51. The van der Waals surface area contributed by atoms with Gasteiger partial charge in [0.05, 0.1) is 0 Å². The summed E-state index contributed by atoms with van der Waals surface area (Å²) in [5, 5.41) is 3.70. The molecule has 1 aromatic carbocycles. The largest absolute Gasteiger partial charge is 0.349 e. The van der Waals surface area contributed by atoms with Crippen molar-refractivity contribution in [2.75, 3.05) is 6.54 Å². The van der Waals surface area contributed by atoms with Crippen LogP contribution in [-0.4, -0.2) is 12.5 Å². The summed E-state index contributed by atoms with van der Waals surface area (Å²) >= 11 is 11.7. The Labute approximate surface area is 130 Å². The maximum absolute atomic E-state index is 11.9. The number of halogens is 2. The van der Waals surface area contributed by atoms with E-state index in [0.29, 0.717) is 22.2 Å². The predicted molar refractivity (Wildman–Crippen MR) is 86.6 cm³/mol. The average Bonchev–Trinajstić information content (AvgIpc) is 2.41. The Bertz CT molecular complexity index is 495. The van der Waals surface area contributed by atoms with Crippen LogP contribution in [0.5, 0.6) is 0 Å². The van der Waals surface area contributed by atoms with Gasteiger partial charge in [0.15, 0.2) is 0 Å². The molecule has 0 saturated carbocycles. The first-order valence-corrected chi connectivity index (χ1v) is 7.41. The Morgan fingerprint density at radius 1 is 1.15 bits per heavy atom. The molecule has 0 aliphatic rings. The zero-order valence-corrected chi connectivity index (χ0v) is 13.3. The lowest BCUT2D eigenvalue weighted by molar-refractivity contribution is 0.0958. The van der Waals surface area contributed by atoms with Crippen LogP contribution in [0.3, 0.4) is 0 Å². The van der Waals surface area contributed by atoms with E-state index in [-0.39, 0.29) is 5.91 Å². The standard InChI is InChI=1S/C16H19Cl2NO/c1-3-12(4-2)7-5-6-8-19-16(20)13-9-14(17)11-15(18)10-13/h5-7,9-11H,3-4,8H2,1-2H3,(H,19,20)/b6-5-. The average molecular weight is 312 g/mol. The van der Waals surface area contributed by atoms with E-state index in [0.717, 1.165) is 12.8 Å². The number of amides is 1. The molecule has 2 nitrogen and oxygen atoms in total. The zero-order valence-electron chi connectivity index (χ0n) is 11.7. The van der Waals surface area contributed by atoms with Crippen molar-refractivity contribution in [3.05, 3.63) is 57.6 Å². The molecule has 0 atom stereocenters. The molecule has 0 radical (unpaired) electrons. The van der Waals surface area contributed by atoms with Crippen molar-refractivity contribution in [3.8, 4) is 0 Å². The lowest BCUT2D eigenvalue weighted by Gasteiger charge is -2.03. The van der Waals surface area contributed by atoms with Crippen molar-refractivity contribution in [1.82, 2.24) is 5.32 Å². The lowest BCUT2D eigenvalue weighted by Crippen LogP contribution is -2.23. The Morgan fingerprint density at radius 3 is 2.30 bits per heavy atom. The van der Waals surface area contributed by atoms with E-state index in [1.165, 1.54) is 5.57 Å². The summed E-state index contributed by atoms with van der Waals surface area (Å²) in [7, 11) is 0. The molecule has 0 aliphatic heterocycles. The molecule has 0 aliphatic carbocycles. The first-order chi connectivity index (χ1) is 9.56. The van der Waals surface area contributed by atoms with Gasteiger partial charge in [-0.3, -0.25) is 4.79 Å². The maximum Gasteiger partial charge on any atom is 0.251 e. The Hall–Kier alpha value is -1.25. The Morgan fingerprint density at radius 2 is 1.75 bits per heavy atom. The minimum Gasteiger partial charge on any atom is -0.349 e. The van der Waals surface area contributed by atoms with Crippen LogP contribution in [0.25, 0.3) is 0 Å². The number of carbonyl (C=O) groups excluding carboxylic acids is 1. The lowest BCUT2D eigenvalue weighted by atomic mass is 10.1. The van der Waals surface area contributed by atoms with Crippen LogP contribution in [0.4, 0.5) is 0 Å². The molecule has 0 spiro atoms. The van der Waals surface area contributed by atoms with Gasteiger partial charge >= 0.3 is 0 Å². The molecule has 1 rings (SSSR count). The Kier molecular flexibility index (Phi) is 7.42. The van der Waals surface area contributed by atoms with Crippen molar-refractivity contribution in [1.29, 1.82) is 0 Å². The van der Waals surface area contributed by atoms with Crippen LogP contribution < -0.4 is 5.32 Å². The smallest absolute Gasteiger partial charge is 0.251 e. The van der Waals surface area contributed by atoms with Gasteiger partial charge in [0.25, 0.3) is 5.91 Å². The number of carbonyl (C=O) groups is 1. The summed E-state index contributed by atoms with van der Waals surface area (Å²) < 4.78 is 0. The molecule has 4 heteroatoms. The first kappa shape index (κ1) is 16.8. The highest BCUT2D eigenvalue weighted by Gasteiger charge is 2.06. The molecule has 1 aromatic rings. The molecule has 0 bridgehead atoms. The molecular weight excluding hydrogens is 293 g/mol. The number of rotatable bonds is 6. The van der Waals surface area contributed by atoms with E-state index < -0.39 is 0 Å². The zero-order chi connectivity index (χ0) is 15.0. The van der Waals surface area contributed by atoms with Crippen LogP contribution in [-0.2, 0) is 0 Å². The van der Waals surface area contributed by atoms with Crippen LogP contribution in [0.2, 0.25) is 10.0 Å². The van der Waals surface area contributed by atoms with Crippen LogP contribution in [0, 0.1) is 0 Å². The first-order valence-electron chi connectivity index (χ1n) is 6.65. The van der Waals surface area contributed by atoms with Gasteiger partial charge in [-0.05, 0) is 31.0 Å². The van der Waals surface area contributed by atoms with Crippen LogP contribution >= 0.6 is 23.2 Å². The molecule has 1 amide bonds. The molecule has 0 heterocycles. The van der Waals surface area contributed by atoms with Crippen LogP contribution in [0.1, 0.15) is 37.0 Å². The van der Waals surface area contributed by atoms with E-state index in [1.807, 2.05) is 12.2 Å². The van der Waals surface area contributed by atoms with Gasteiger partial charge in [0.1, 0.15) is 0 Å². The maximum atomic E-state index is 11.9. The SMILES string of the molecule is CCC(=C/C=C\CNC(=O)c1cc(Cl)cc(Cl)c1)CC. The number of hydrogen-bond acceptors (Lipinski definition) is 1. The van der Waals surface area contributed by atoms with Gasteiger partial charge in [-0.25, -0.2) is 0 Å². The highest BCUT2D eigenvalue weighted by Crippen LogP contribution is 2.18. The summed E-state index contributed by atoms with van der Waals surface area (Å²) in [5.41, 5.74) is 1.85. The van der Waals surface area contributed by atoms with Gasteiger partial charge in [-0.15, -0.1) is 0 Å². The molecular formula is C16H19Cl2NO. The molecule has 0 aromatic heterocycles. The quantitative estimate of drug-likeness (QED) is 0.734. The summed E-state index contributed by atoms with van der Waals surface area (Å²) in [6, 6.07) is 4.79. The van der Waals surface area contributed by atoms with Gasteiger partial charge in [0.2, 0.25) is 0 Å². The van der Waals surface area contributed by atoms with E-state index in [9.17, 15) is 4.79 Å². The van der Waals surface area contributed by atoms with Crippen molar-refractivity contribution < 1.29 is 4.79 Å². The normalized spacial score (nSPS) is 10.6. The topological polar surface area (TPSA) is 29.1 Å². The predicted octanol–water partition coefficient (Wildman–Crippen LogP) is 5.03. The molecule has 0 fully saturated rings. The summed E-state index contributed by atoms with van der Waals surface area (Å²) in [4.78, 5) is 11.9. The third-order valence-corrected chi connectivity index (χ3v) is 3.32. The van der Waals surface area contributed by atoms with Gasteiger partial charge in [-0.2, -0.15) is 0 Å². The minimum absolute atomic E-state index is 0.186. The van der Waals surface area contributed by atoms with E-state index in [2.05, 4.69) is 25.2 Å². The highest BCUT2D eigenvalue weighted by atomic mass is 35.5. The number of hydrogen-bond donors (Lipinski definition) is 1. The summed E-state index contributed by atoms with van der Waals surface area (Å²) in [6.07, 6.45) is 8.06. The monoisotopic (exact) mass is 311 g/mol. The van der Waals surface area contributed by atoms with E-state index >= 15 is 0 Å². The van der Waals surface area contributed by atoms with E-state index in [1.54, 1.807) is 18.2 Å². The second-order valence-corrected chi connectivity index (χ2v) is 5.20. The second kappa shape index (κ2) is 8.83. The van der Waals surface area contributed by atoms with Crippen LogP contribution in [0.15, 0.2) is 42.0 Å². The highest BCUT2D eigenvalue weighted by molar-refractivity contribution is 6.35. The van der Waals surface area contributed by atoms with Crippen molar-refractivity contribution >= 4 is 29.1 Å². The number of allylic oxidation sites excluding steroid dienone is 3. The van der Waals surface area contributed by atoms with Crippen molar-refractivity contribution in [3.63, 3.8) is 0 Å². The van der Waals surface area contributed by atoms with E-state index in [4.69, 9.17) is 23.2 Å². The van der Waals surface area contributed by atoms with Crippen molar-refractivity contribution in [2.45, 2.75) is 26.7 Å². The third-order valence-electron chi connectivity index (χ3n) is 2.88. The second-order valence-electron chi connectivity index (χ2n) is 4.33. The summed E-state index contributed by atoms with van der Waals surface area (Å²) in [5.74, 6) is -0.186. The fourth-order valence-corrected chi connectivity index (χ4v) is 2.22. The number of nitrogens with one attached hydrogen (secondary N) is 1. The van der Waals surface area contributed by atoms with Gasteiger partial charge in [0, 0.05) is 22.2 Å². The molecule has 1 N–H and O–H groups in total. The molecule has 20 heavy (non-hydrogen) atoms.